The number of hydrogen-bond acceptors (Lipinski definition) is 11. The van der Waals surface area contributed by atoms with Crippen LogP contribution in [-0.2, 0) is 56.5 Å². The number of amides is 5. The van der Waals surface area contributed by atoms with Crippen LogP contribution in [-0.4, -0.2) is 101 Å². The minimum Gasteiger partial charge on any atom is -0.459 e. The zero-order valence-electron chi connectivity index (χ0n) is 32.5. The molecule has 2 aliphatic carbocycles. The summed E-state index contributed by atoms with van der Waals surface area (Å²) in [5.74, 6) is -4.12. The van der Waals surface area contributed by atoms with Crippen LogP contribution in [0.1, 0.15) is 90.2 Å². The third-order valence-electron chi connectivity index (χ3n) is 10.6. The van der Waals surface area contributed by atoms with Gasteiger partial charge in [0.25, 0.3) is 5.91 Å². The van der Waals surface area contributed by atoms with Crippen molar-refractivity contribution in [1.82, 2.24) is 25.2 Å². The molecule has 1 aromatic rings. The van der Waals surface area contributed by atoms with E-state index in [2.05, 4.69) is 15.4 Å². The van der Waals surface area contributed by atoms with Crippen LogP contribution in [0.5, 0.6) is 0 Å². The summed E-state index contributed by atoms with van der Waals surface area (Å²) in [4.78, 5) is 84.2. The molecule has 6 rings (SSSR count). The van der Waals surface area contributed by atoms with Crippen molar-refractivity contribution in [3.63, 3.8) is 0 Å². The summed E-state index contributed by atoms with van der Waals surface area (Å²) in [6.45, 7) is 6.35. The predicted molar refractivity (Wildman–Crippen MR) is 201 cm³/mol. The van der Waals surface area contributed by atoms with Crippen LogP contribution in [0.4, 0.5) is 14.0 Å². The van der Waals surface area contributed by atoms with Crippen LogP contribution in [0.25, 0.3) is 0 Å². The van der Waals surface area contributed by atoms with Crippen molar-refractivity contribution in [3.05, 3.63) is 59.4 Å². The van der Waals surface area contributed by atoms with Crippen molar-refractivity contribution in [3.8, 4) is 0 Å². The molecule has 5 amide bonds. The molecule has 3 fully saturated rings. The molecule has 18 heteroatoms. The van der Waals surface area contributed by atoms with Gasteiger partial charge in [0, 0.05) is 30.5 Å². The number of esters is 1. The van der Waals surface area contributed by atoms with Gasteiger partial charge < -0.3 is 29.7 Å². The third-order valence-corrected chi connectivity index (χ3v) is 12.5. The van der Waals surface area contributed by atoms with Gasteiger partial charge in [-0.05, 0) is 84.3 Å². The van der Waals surface area contributed by atoms with Gasteiger partial charge in [0.1, 0.15) is 41.2 Å². The number of alkyl carbamates (subject to hydrolysis) is 1. The van der Waals surface area contributed by atoms with Gasteiger partial charge in [-0.1, -0.05) is 30.4 Å². The van der Waals surface area contributed by atoms with Crippen LogP contribution >= 0.6 is 0 Å². The van der Waals surface area contributed by atoms with Crippen molar-refractivity contribution in [2.75, 3.05) is 6.54 Å². The van der Waals surface area contributed by atoms with Gasteiger partial charge in [-0.3, -0.25) is 24.0 Å². The van der Waals surface area contributed by atoms with Crippen LogP contribution < -0.4 is 15.4 Å². The quantitative estimate of drug-likeness (QED) is 0.158. The Labute approximate surface area is 330 Å². The van der Waals surface area contributed by atoms with Crippen LogP contribution in [0.15, 0.2) is 42.5 Å². The number of rotatable bonds is 7. The topological polar surface area (TPSA) is 207 Å². The molecule has 16 nitrogen and oxygen atoms in total. The van der Waals surface area contributed by atoms with Gasteiger partial charge in [0.05, 0.1) is 18.3 Å². The molecule has 3 aliphatic heterocycles. The number of ether oxygens (including phenoxy) is 3. The average molecular weight is 816 g/mol. The van der Waals surface area contributed by atoms with E-state index in [1.54, 1.807) is 52.0 Å². The molecule has 0 bridgehead atoms. The molecular formula is C39H50FN5O11S. The Morgan fingerprint density at radius 3 is 2.46 bits per heavy atom. The molecular weight excluding hydrogens is 766 g/mol. The molecule has 57 heavy (non-hydrogen) atoms. The van der Waals surface area contributed by atoms with Crippen molar-refractivity contribution in [2.24, 2.45) is 5.92 Å². The molecule has 0 spiro atoms. The van der Waals surface area contributed by atoms with Gasteiger partial charge in [0.2, 0.25) is 21.8 Å². The SMILES string of the molecule is CC=CC(=O)OC1CCC=CC2CC2(C(=O)NS(=O)(=O)C2CC2)NC(=O)C2CC(OC(=O)N3Cc4cccc(F)c4C3)CN2C(=O)C(NC(=O)OC(C)(C)C)CC1. The number of allylic oxidation sites excluding steroid dienone is 2. The van der Waals surface area contributed by atoms with Crippen LogP contribution in [0.2, 0.25) is 0 Å². The summed E-state index contributed by atoms with van der Waals surface area (Å²) in [6, 6.07) is 1.90. The summed E-state index contributed by atoms with van der Waals surface area (Å²) in [6.07, 6.45) is 4.18. The Morgan fingerprint density at radius 1 is 1.02 bits per heavy atom. The van der Waals surface area contributed by atoms with Gasteiger partial charge in [-0.2, -0.15) is 0 Å². The van der Waals surface area contributed by atoms with Gasteiger partial charge >= 0.3 is 18.2 Å². The van der Waals surface area contributed by atoms with Crippen molar-refractivity contribution in [1.29, 1.82) is 0 Å². The Morgan fingerprint density at radius 2 is 1.77 bits per heavy atom. The molecule has 3 heterocycles. The first kappa shape index (κ1) is 41.6. The van der Waals surface area contributed by atoms with E-state index in [1.165, 1.54) is 23.1 Å². The standard InChI is InChI=1S/C39H50FN5O11S/c1-5-9-32(46)54-25-12-7-6-11-24-19-39(24,35(49)43-57(52,53)27-15-16-27)42-33(47)31-18-26(55-37(51)44-20-23-10-8-13-29(40)28(23)22-44)21-45(31)34(48)30(17-14-25)41-36(50)56-38(2,3)4/h5-6,8-11,13,24-27,30-31H,7,12,14-22H2,1-4H3,(H,41,50)(H,42,47)(H,43,49). The number of carbonyl (C=O) groups excluding carboxylic acids is 6. The van der Waals surface area contributed by atoms with E-state index in [0.29, 0.717) is 36.8 Å². The van der Waals surface area contributed by atoms with Crippen molar-refractivity contribution >= 4 is 45.9 Å². The maximum atomic E-state index is 14.6. The molecule has 0 radical (unpaired) electrons. The zero-order valence-corrected chi connectivity index (χ0v) is 33.3. The largest absolute Gasteiger partial charge is 0.459 e. The van der Waals surface area contributed by atoms with E-state index in [-0.39, 0.29) is 45.3 Å². The van der Waals surface area contributed by atoms with E-state index in [0.717, 1.165) is 4.90 Å². The normalized spacial score (nSPS) is 27.9. The average Bonchev–Trinajstić information content (AvgIpc) is 4.01. The first-order chi connectivity index (χ1) is 26.9. The maximum absolute atomic E-state index is 14.6. The monoisotopic (exact) mass is 815 g/mol. The second kappa shape index (κ2) is 16.5. The number of hydrogen-bond donors (Lipinski definition) is 3. The first-order valence-corrected chi connectivity index (χ1v) is 20.8. The van der Waals surface area contributed by atoms with E-state index in [4.69, 9.17) is 14.2 Å². The molecule has 6 unspecified atom stereocenters. The van der Waals surface area contributed by atoms with Crippen LogP contribution in [0.3, 0.4) is 0 Å². The number of nitrogens with one attached hydrogen (secondary N) is 3. The maximum Gasteiger partial charge on any atom is 0.410 e. The van der Waals surface area contributed by atoms with Gasteiger partial charge in [0.15, 0.2) is 0 Å². The van der Waals surface area contributed by atoms with Gasteiger partial charge in [-0.25, -0.2) is 27.2 Å². The molecule has 5 aliphatic rings. The lowest BCUT2D eigenvalue weighted by Crippen LogP contribution is -2.58. The molecule has 2 saturated carbocycles. The van der Waals surface area contributed by atoms with E-state index in [1.807, 2.05) is 0 Å². The number of nitrogens with zero attached hydrogens (tertiary/aromatic N) is 2. The Hall–Kier alpha value is -5.00. The Kier molecular flexibility index (Phi) is 12.0. The molecule has 1 saturated heterocycles. The minimum atomic E-state index is -4.00. The number of fused-ring (bicyclic) bond motifs is 3. The highest BCUT2D eigenvalue weighted by Crippen LogP contribution is 2.46. The number of carbonyl (C=O) groups is 6. The highest BCUT2D eigenvalue weighted by atomic mass is 32.2. The summed E-state index contributed by atoms with van der Waals surface area (Å²) < 4.78 is 59.3. The second-order valence-electron chi connectivity index (χ2n) is 16.3. The van der Waals surface area contributed by atoms with Crippen molar-refractivity contribution in [2.45, 2.75) is 133 Å². The smallest absolute Gasteiger partial charge is 0.410 e. The van der Waals surface area contributed by atoms with Crippen molar-refractivity contribution < 1.29 is 55.8 Å². The first-order valence-electron chi connectivity index (χ1n) is 19.3. The Bertz CT molecular complexity index is 1960. The van der Waals surface area contributed by atoms with E-state index >= 15 is 0 Å². The van der Waals surface area contributed by atoms with Crippen LogP contribution in [0, 0.1) is 11.7 Å². The number of sulfonamides is 1. The lowest BCUT2D eigenvalue weighted by molar-refractivity contribution is -0.144. The summed E-state index contributed by atoms with van der Waals surface area (Å²) in [7, 11) is -4.00. The molecule has 3 N–H and O–H groups in total. The predicted octanol–water partition coefficient (Wildman–Crippen LogP) is 3.24. The number of benzene rings is 1. The second-order valence-corrected chi connectivity index (χ2v) is 18.2. The zero-order chi connectivity index (χ0) is 41.3. The lowest BCUT2D eigenvalue weighted by Gasteiger charge is -2.31. The molecule has 1 aromatic carbocycles. The molecule has 0 aromatic heterocycles. The summed E-state index contributed by atoms with van der Waals surface area (Å²) >= 11 is 0. The van der Waals surface area contributed by atoms with Gasteiger partial charge in [-0.15, -0.1) is 0 Å². The summed E-state index contributed by atoms with van der Waals surface area (Å²) in [5.41, 5.74) is -1.63. The third kappa shape index (κ3) is 9.94. The summed E-state index contributed by atoms with van der Waals surface area (Å²) in [5, 5.41) is 4.65. The fraction of sp³-hybridized carbons (Fsp3) is 0.590. The molecule has 6 atom stereocenters. The number of halogens is 1. The lowest BCUT2D eigenvalue weighted by atomic mass is 10.0. The fourth-order valence-corrected chi connectivity index (χ4v) is 8.84. The fourth-order valence-electron chi connectivity index (χ4n) is 7.47. The highest BCUT2D eigenvalue weighted by molar-refractivity contribution is 7.91. The Balaban J connectivity index is 1.30. The minimum absolute atomic E-state index is 0.0436. The van der Waals surface area contributed by atoms with E-state index < -0.39 is 98.3 Å². The molecule has 310 valence electrons. The van der Waals surface area contributed by atoms with E-state index in [9.17, 15) is 41.6 Å². The highest BCUT2D eigenvalue weighted by Gasteiger charge is 2.62.